The van der Waals surface area contributed by atoms with Gasteiger partial charge in [-0.2, -0.15) is 0 Å². The molecule has 1 fully saturated rings. The third-order valence-electron chi connectivity index (χ3n) is 4.56. The summed E-state index contributed by atoms with van der Waals surface area (Å²) in [4.78, 5) is 27.4. The number of hydrogen-bond acceptors (Lipinski definition) is 6. The van der Waals surface area contributed by atoms with Gasteiger partial charge >= 0.3 is 5.97 Å². The molecule has 144 valence electrons. The minimum absolute atomic E-state index is 0.135. The average Bonchev–Trinajstić information content (AvgIpc) is 3.12. The molecule has 0 aliphatic carbocycles. The number of morpholine rings is 1. The molecule has 1 amide bonds. The summed E-state index contributed by atoms with van der Waals surface area (Å²) in [7, 11) is 0. The van der Waals surface area contributed by atoms with E-state index in [0.717, 1.165) is 24.2 Å². The van der Waals surface area contributed by atoms with Crippen molar-refractivity contribution >= 4 is 28.2 Å². The van der Waals surface area contributed by atoms with Gasteiger partial charge in [0.1, 0.15) is 10.6 Å². The van der Waals surface area contributed by atoms with Crippen LogP contribution >= 0.6 is 11.3 Å². The van der Waals surface area contributed by atoms with Crippen LogP contribution in [0.25, 0.3) is 11.1 Å². The van der Waals surface area contributed by atoms with Gasteiger partial charge in [-0.25, -0.2) is 4.79 Å². The molecule has 0 bridgehead atoms. The molecule has 0 radical (unpaired) electrons. The summed E-state index contributed by atoms with van der Waals surface area (Å²) in [5.74, 6) is -0.559. The van der Waals surface area contributed by atoms with Crippen LogP contribution < -0.4 is 5.32 Å². The summed E-state index contributed by atoms with van der Waals surface area (Å²) in [6.45, 7) is 6.62. The van der Waals surface area contributed by atoms with Crippen molar-refractivity contribution < 1.29 is 19.1 Å². The molecule has 1 aromatic heterocycles. The summed E-state index contributed by atoms with van der Waals surface area (Å²) < 4.78 is 10.6. The molecule has 0 spiro atoms. The van der Waals surface area contributed by atoms with E-state index in [0.29, 0.717) is 23.8 Å². The van der Waals surface area contributed by atoms with Crippen LogP contribution in [0.4, 0.5) is 5.00 Å². The molecule has 1 unspecified atom stereocenters. The summed E-state index contributed by atoms with van der Waals surface area (Å²) in [5.41, 5.74) is 2.10. The van der Waals surface area contributed by atoms with E-state index in [-0.39, 0.29) is 18.6 Å². The smallest absolute Gasteiger partial charge is 0.341 e. The van der Waals surface area contributed by atoms with E-state index >= 15 is 0 Å². The molecule has 7 heteroatoms. The van der Waals surface area contributed by atoms with Crippen LogP contribution in [-0.2, 0) is 14.3 Å². The van der Waals surface area contributed by atoms with Crippen LogP contribution in [-0.4, -0.2) is 55.7 Å². The van der Waals surface area contributed by atoms with Crippen molar-refractivity contribution in [2.75, 3.05) is 38.2 Å². The molecular formula is C20H24N2O4S. The van der Waals surface area contributed by atoms with Crippen LogP contribution in [0.3, 0.4) is 0 Å². The lowest BCUT2D eigenvalue weighted by atomic mass is 10.0. The number of anilines is 1. The van der Waals surface area contributed by atoms with Crippen molar-refractivity contribution in [2.45, 2.75) is 19.9 Å². The first-order chi connectivity index (χ1) is 13.1. The highest BCUT2D eigenvalue weighted by molar-refractivity contribution is 7.15. The molecule has 6 nitrogen and oxygen atoms in total. The van der Waals surface area contributed by atoms with E-state index in [1.807, 2.05) is 42.6 Å². The molecule has 1 aromatic carbocycles. The highest BCUT2D eigenvalue weighted by atomic mass is 32.1. The number of rotatable bonds is 6. The molecule has 27 heavy (non-hydrogen) atoms. The van der Waals surface area contributed by atoms with Gasteiger partial charge < -0.3 is 14.8 Å². The van der Waals surface area contributed by atoms with Crippen molar-refractivity contribution in [3.8, 4) is 11.1 Å². The van der Waals surface area contributed by atoms with Gasteiger partial charge in [0.05, 0.1) is 25.9 Å². The third kappa shape index (κ3) is 4.55. The van der Waals surface area contributed by atoms with Crippen molar-refractivity contribution in [3.63, 3.8) is 0 Å². The maximum Gasteiger partial charge on any atom is 0.341 e. The highest BCUT2D eigenvalue weighted by Crippen LogP contribution is 2.36. The number of thiophene rings is 1. The van der Waals surface area contributed by atoms with E-state index in [9.17, 15) is 9.59 Å². The van der Waals surface area contributed by atoms with Crippen molar-refractivity contribution in [3.05, 3.63) is 41.3 Å². The number of nitrogens with one attached hydrogen (secondary N) is 1. The minimum atomic E-state index is -0.424. The molecular weight excluding hydrogens is 364 g/mol. The lowest BCUT2D eigenvalue weighted by Gasteiger charge is -2.31. The fourth-order valence-corrected chi connectivity index (χ4v) is 3.99. The Labute approximate surface area is 163 Å². The molecule has 1 aliphatic rings. The Morgan fingerprint density at radius 3 is 2.63 bits per heavy atom. The van der Waals surface area contributed by atoms with E-state index in [1.165, 1.54) is 11.3 Å². The first-order valence-electron chi connectivity index (χ1n) is 9.08. The fourth-order valence-electron chi connectivity index (χ4n) is 3.03. The number of benzene rings is 1. The largest absolute Gasteiger partial charge is 0.462 e. The molecule has 2 heterocycles. The number of hydrogen-bond donors (Lipinski definition) is 1. The van der Waals surface area contributed by atoms with E-state index < -0.39 is 5.97 Å². The van der Waals surface area contributed by atoms with Gasteiger partial charge in [-0.1, -0.05) is 30.3 Å². The Morgan fingerprint density at radius 2 is 1.96 bits per heavy atom. The normalized spacial score (nSPS) is 15.9. The second kappa shape index (κ2) is 9.12. The van der Waals surface area contributed by atoms with Crippen LogP contribution in [0.15, 0.2) is 35.7 Å². The second-order valence-corrected chi connectivity index (χ2v) is 7.13. The Morgan fingerprint density at radius 1 is 1.26 bits per heavy atom. The topological polar surface area (TPSA) is 67.9 Å². The predicted molar refractivity (Wildman–Crippen MR) is 106 cm³/mol. The zero-order valence-corrected chi connectivity index (χ0v) is 16.4. The van der Waals surface area contributed by atoms with E-state index in [1.54, 1.807) is 6.92 Å². The first-order valence-corrected chi connectivity index (χ1v) is 9.96. The van der Waals surface area contributed by atoms with Crippen molar-refractivity contribution in [2.24, 2.45) is 0 Å². The number of ether oxygens (including phenoxy) is 2. The quantitative estimate of drug-likeness (QED) is 0.770. The predicted octanol–water partition coefficient (Wildman–Crippen LogP) is 3.25. The Balaban J connectivity index is 1.85. The fraction of sp³-hybridized carbons (Fsp3) is 0.400. The maximum atomic E-state index is 12.8. The summed E-state index contributed by atoms with van der Waals surface area (Å²) in [6, 6.07) is 9.33. The third-order valence-corrected chi connectivity index (χ3v) is 5.46. The Kier molecular flexibility index (Phi) is 6.60. The summed E-state index contributed by atoms with van der Waals surface area (Å²) >= 11 is 1.34. The zero-order valence-electron chi connectivity index (χ0n) is 15.6. The lowest BCUT2D eigenvalue weighted by molar-refractivity contribution is -0.122. The van der Waals surface area contributed by atoms with Gasteiger partial charge in [-0.05, 0) is 19.4 Å². The van der Waals surface area contributed by atoms with Crippen molar-refractivity contribution in [1.29, 1.82) is 0 Å². The molecule has 1 aliphatic heterocycles. The summed E-state index contributed by atoms with van der Waals surface area (Å²) in [5, 5.41) is 5.34. The van der Waals surface area contributed by atoms with Crippen LogP contribution in [0, 0.1) is 0 Å². The van der Waals surface area contributed by atoms with Gasteiger partial charge in [0.25, 0.3) is 0 Å². The summed E-state index contributed by atoms with van der Waals surface area (Å²) in [6.07, 6.45) is 0. The molecule has 1 N–H and O–H groups in total. The molecule has 0 saturated carbocycles. The minimum Gasteiger partial charge on any atom is -0.462 e. The van der Waals surface area contributed by atoms with Crippen LogP contribution in [0.5, 0.6) is 0 Å². The standard InChI is InChI=1S/C20H24N2O4S/c1-3-26-20(24)17-16(15-7-5-4-6-8-15)13-27-19(17)21-18(23)14(2)22-9-11-25-12-10-22/h4-8,13-14H,3,9-12H2,1-2H3,(H,21,23). The van der Waals surface area contributed by atoms with Gasteiger partial charge in [0.2, 0.25) is 5.91 Å². The zero-order chi connectivity index (χ0) is 19.2. The number of amides is 1. The second-order valence-electron chi connectivity index (χ2n) is 6.25. The monoisotopic (exact) mass is 388 g/mol. The SMILES string of the molecule is CCOC(=O)c1c(-c2ccccc2)csc1NC(=O)C(C)N1CCOCC1. The van der Waals surface area contributed by atoms with Gasteiger partial charge in [0, 0.05) is 24.0 Å². The molecule has 3 rings (SSSR count). The van der Waals surface area contributed by atoms with E-state index in [4.69, 9.17) is 9.47 Å². The Hall–Kier alpha value is -2.22. The molecule has 1 atom stereocenters. The highest BCUT2D eigenvalue weighted by Gasteiger charge is 2.27. The number of carbonyl (C=O) groups excluding carboxylic acids is 2. The Bertz CT molecular complexity index is 785. The number of esters is 1. The van der Waals surface area contributed by atoms with Gasteiger partial charge in [-0.15, -0.1) is 11.3 Å². The van der Waals surface area contributed by atoms with Gasteiger partial charge in [-0.3, -0.25) is 9.69 Å². The number of carbonyl (C=O) groups is 2. The molecule has 2 aromatic rings. The van der Waals surface area contributed by atoms with Crippen LogP contribution in [0.1, 0.15) is 24.2 Å². The average molecular weight is 388 g/mol. The maximum absolute atomic E-state index is 12.8. The lowest BCUT2D eigenvalue weighted by Crippen LogP contribution is -2.47. The first kappa shape index (κ1) is 19.5. The van der Waals surface area contributed by atoms with Crippen LogP contribution in [0.2, 0.25) is 0 Å². The number of nitrogens with zero attached hydrogens (tertiary/aromatic N) is 1. The van der Waals surface area contributed by atoms with Crippen molar-refractivity contribution in [1.82, 2.24) is 4.90 Å². The van der Waals surface area contributed by atoms with E-state index in [2.05, 4.69) is 10.2 Å². The van der Waals surface area contributed by atoms with Gasteiger partial charge in [0.15, 0.2) is 0 Å². The molecule has 1 saturated heterocycles.